The zero-order valence-corrected chi connectivity index (χ0v) is 16.5. The average molecular weight is 425 g/mol. The van der Waals surface area contributed by atoms with Crippen LogP contribution in [0.15, 0.2) is 0 Å². The molecule has 0 aromatic carbocycles. The summed E-state index contributed by atoms with van der Waals surface area (Å²) >= 11 is 0. The molecular weight excluding hydrogens is 398 g/mol. The van der Waals surface area contributed by atoms with Crippen LogP contribution in [0, 0.1) is 5.92 Å². The molecule has 5 amide bonds. The minimum atomic E-state index is -1.83. The van der Waals surface area contributed by atoms with Gasteiger partial charge in [0.25, 0.3) is 11.8 Å². The number of carboxylic acid groups (broad SMARTS) is 1. The van der Waals surface area contributed by atoms with Gasteiger partial charge >= 0.3 is 12.0 Å². The van der Waals surface area contributed by atoms with Crippen molar-refractivity contribution in [3.8, 4) is 0 Å². The number of aliphatic hydroxyl groups is 2. The van der Waals surface area contributed by atoms with Crippen molar-refractivity contribution in [3.05, 3.63) is 0 Å². The van der Waals surface area contributed by atoms with Gasteiger partial charge in [-0.15, -0.1) is 0 Å². The van der Waals surface area contributed by atoms with Crippen molar-refractivity contribution in [3.63, 3.8) is 0 Å². The van der Waals surface area contributed by atoms with Gasteiger partial charge in [-0.3, -0.25) is 29.0 Å². The van der Waals surface area contributed by atoms with E-state index in [4.69, 9.17) is 5.11 Å². The summed E-state index contributed by atoms with van der Waals surface area (Å²) in [5.41, 5.74) is 0. The number of urea groups is 1. The van der Waals surface area contributed by atoms with Crippen molar-refractivity contribution in [2.75, 3.05) is 6.54 Å². The van der Waals surface area contributed by atoms with Gasteiger partial charge in [-0.25, -0.2) is 4.79 Å². The number of aliphatic carboxylic acids is 1. The summed E-state index contributed by atoms with van der Waals surface area (Å²) in [5, 5.41) is 30.3. The van der Waals surface area contributed by atoms with Gasteiger partial charge in [-0.05, 0) is 51.4 Å². The standard InChI is InChI=1S/C19H27N3O8/c23-12-5-1-10(2-6-12)21-17(28)15(16(27)20-9-14(25)26)18(29)22(19(21)30)11-3-7-13(24)8-4-11/h10-13,15,23-24H,1-9H2,(H,20,27)(H,25,26). The lowest BCUT2D eigenvalue weighted by Gasteiger charge is -2.45. The molecule has 0 radical (unpaired) electrons. The second-order valence-electron chi connectivity index (χ2n) is 8.17. The summed E-state index contributed by atoms with van der Waals surface area (Å²) in [6.45, 7) is -0.755. The molecular formula is C19H27N3O8. The number of nitrogens with one attached hydrogen (secondary N) is 1. The molecule has 0 bridgehead atoms. The quantitative estimate of drug-likeness (QED) is 0.416. The Bertz CT molecular complexity index is 681. The van der Waals surface area contributed by atoms with Crippen LogP contribution in [0.2, 0.25) is 0 Å². The number of hydrogen-bond acceptors (Lipinski definition) is 7. The van der Waals surface area contributed by atoms with Gasteiger partial charge in [0.1, 0.15) is 6.54 Å². The van der Waals surface area contributed by atoms with Gasteiger partial charge in [0.2, 0.25) is 5.91 Å². The van der Waals surface area contributed by atoms with Crippen LogP contribution in [-0.2, 0) is 19.2 Å². The van der Waals surface area contributed by atoms with E-state index in [0.29, 0.717) is 51.4 Å². The molecule has 166 valence electrons. The summed E-state index contributed by atoms with van der Waals surface area (Å²) < 4.78 is 0. The Kier molecular flexibility index (Phi) is 6.71. The van der Waals surface area contributed by atoms with Crippen molar-refractivity contribution in [2.24, 2.45) is 5.92 Å². The summed E-state index contributed by atoms with van der Waals surface area (Å²) in [6.07, 6.45) is 1.93. The molecule has 3 aliphatic rings. The summed E-state index contributed by atoms with van der Waals surface area (Å²) in [5.74, 6) is -6.13. The normalized spacial score (nSPS) is 32.9. The fourth-order valence-corrected chi connectivity index (χ4v) is 4.48. The van der Waals surface area contributed by atoms with Crippen LogP contribution >= 0.6 is 0 Å². The van der Waals surface area contributed by atoms with E-state index in [1.54, 1.807) is 0 Å². The number of nitrogens with zero attached hydrogens (tertiary/aromatic N) is 2. The lowest BCUT2D eigenvalue weighted by atomic mass is 9.88. The second kappa shape index (κ2) is 9.09. The lowest BCUT2D eigenvalue weighted by Crippen LogP contribution is -2.67. The maximum Gasteiger partial charge on any atom is 0.333 e. The second-order valence-corrected chi connectivity index (χ2v) is 8.17. The summed E-state index contributed by atoms with van der Waals surface area (Å²) in [6, 6.07) is -1.88. The third-order valence-corrected chi connectivity index (χ3v) is 6.12. The molecule has 2 aliphatic carbocycles. The number of carbonyl (C=O) groups is 5. The first-order valence-corrected chi connectivity index (χ1v) is 10.3. The van der Waals surface area contributed by atoms with Crippen molar-refractivity contribution in [2.45, 2.75) is 75.7 Å². The molecule has 4 N–H and O–H groups in total. The molecule has 3 fully saturated rings. The maximum atomic E-state index is 13.2. The first kappa shape index (κ1) is 22.2. The van der Waals surface area contributed by atoms with Gasteiger partial charge in [0.15, 0.2) is 5.92 Å². The molecule has 0 aromatic rings. The third kappa shape index (κ3) is 4.46. The number of carboxylic acids is 1. The van der Waals surface area contributed by atoms with Crippen LogP contribution in [0.1, 0.15) is 51.4 Å². The molecule has 3 rings (SSSR count). The van der Waals surface area contributed by atoms with E-state index >= 15 is 0 Å². The summed E-state index contributed by atoms with van der Waals surface area (Å²) in [4.78, 5) is 64.5. The number of barbiturate groups is 1. The predicted molar refractivity (Wildman–Crippen MR) is 99.7 cm³/mol. The van der Waals surface area contributed by atoms with E-state index in [-0.39, 0.29) is 0 Å². The first-order chi connectivity index (χ1) is 14.2. The fraction of sp³-hybridized carbons (Fsp3) is 0.737. The van der Waals surface area contributed by atoms with Crippen LogP contribution in [0.25, 0.3) is 0 Å². The number of imide groups is 2. The Morgan fingerprint density at radius 1 is 0.800 bits per heavy atom. The van der Waals surface area contributed by atoms with Crippen molar-refractivity contribution in [1.29, 1.82) is 0 Å². The van der Waals surface area contributed by atoms with Crippen molar-refractivity contribution < 1.29 is 39.3 Å². The third-order valence-electron chi connectivity index (χ3n) is 6.12. The average Bonchev–Trinajstić information content (AvgIpc) is 2.69. The number of aliphatic hydroxyl groups excluding tert-OH is 2. The minimum Gasteiger partial charge on any atom is -0.480 e. The Morgan fingerprint density at radius 2 is 1.20 bits per heavy atom. The Hall–Kier alpha value is -2.53. The number of rotatable bonds is 5. The molecule has 1 saturated heterocycles. The van der Waals surface area contributed by atoms with Gasteiger partial charge in [-0.2, -0.15) is 0 Å². The lowest BCUT2D eigenvalue weighted by molar-refractivity contribution is -0.158. The van der Waals surface area contributed by atoms with Crippen LogP contribution in [-0.4, -0.2) is 85.7 Å². The highest BCUT2D eigenvalue weighted by atomic mass is 16.4. The zero-order valence-electron chi connectivity index (χ0n) is 16.5. The molecule has 1 aliphatic heterocycles. The van der Waals surface area contributed by atoms with E-state index in [1.807, 2.05) is 0 Å². The van der Waals surface area contributed by atoms with Crippen LogP contribution in [0.4, 0.5) is 4.79 Å². The Morgan fingerprint density at radius 3 is 1.57 bits per heavy atom. The summed E-state index contributed by atoms with van der Waals surface area (Å²) in [7, 11) is 0. The molecule has 0 aromatic heterocycles. The van der Waals surface area contributed by atoms with Crippen molar-refractivity contribution >= 4 is 29.7 Å². The van der Waals surface area contributed by atoms with E-state index in [9.17, 15) is 34.2 Å². The molecule has 2 saturated carbocycles. The molecule has 0 unspecified atom stereocenters. The molecule has 0 spiro atoms. The predicted octanol–water partition coefficient (Wildman–Crippen LogP) is -0.799. The number of carbonyl (C=O) groups excluding carboxylic acids is 4. The first-order valence-electron chi connectivity index (χ1n) is 10.3. The highest BCUT2D eigenvalue weighted by Gasteiger charge is 2.53. The number of hydrogen-bond donors (Lipinski definition) is 4. The van der Waals surface area contributed by atoms with Crippen LogP contribution < -0.4 is 5.32 Å². The topological polar surface area (TPSA) is 165 Å². The highest BCUT2D eigenvalue weighted by Crippen LogP contribution is 2.33. The van der Waals surface area contributed by atoms with Gasteiger partial charge in [0, 0.05) is 12.1 Å². The molecule has 0 atom stereocenters. The number of amides is 5. The molecule has 11 heteroatoms. The monoisotopic (exact) mass is 425 g/mol. The maximum absolute atomic E-state index is 13.2. The Balaban J connectivity index is 1.89. The van der Waals surface area contributed by atoms with Gasteiger partial charge < -0.3 is 20.6 Å². The van der Waals surface area contributed by atoms with Gasteiger partial charge in [-0.1, -0.05) is 0 Å². The zero-order chi connectivity index (χ0) is 22.0. The van der Waals surface area contributed by atoms with E-state index in [0.717, 1.165) is 9.80 Å². The largest absolute Gasteiger partial charge is 0.480 e. The Labute approximate surface area is 173 Å². The van der Waals surface area contributed by atoms with Crippen LogP contribution in [0.5, 0.6) is 0 Å². The fourth-order valence-electron chi connectivity index (χ4n) is 4.48. The smallest absolute Gasteiger partial charge is 0.333 e. The molecule has 11 nitrogen and oxygen atoms in total. The van der Waals surface area contributed by atoms with Crippen LogP contribution in [0.3, 0.4) is 0 Å². The minimum absolute atomic E-state index is 0.355. The van der Waals surface area contributed by atoms with E-state index in [2.05, 4.69) is 5.32 Å². The van der Waals surface area contributed by atoms with Gasteiger partial charge in [0.05, 0.1) is 12.2 Å². The highest BCUT2D eigenvalue weighted by molar-refractivity contribution is 6.26. The molecule has 1 heterocycles. The van der Waals surface area contributed by atoms with Crippen molar-refractivity contribution in [1.82, 2.24) is 15.1 Å². The SMILES string of the molecule is O=C(O)CNC(=O)C1C(=O)N(C2CCC(O)CC2)C(=O)N(C2CCC(O)CC2)C1=O. The van der Waals surface area contributed by atoms with E-state index < -0.39 is 66.5 Å². The molecule has 30 heavy (non-hydrogen) atoms. The van der Waals surface area contributed by atoms with E-state index in [1.165, 1.54) is 0 Å².